The quantitative estimate of drug-likeness (QED) is 0.773. The van der Waals surface area contributed by atoms with E-state index in [0.717, 1.165) is 42.9 Å². The number of ketones is 1. The number of carbonyl (C=O) groups is 1. The van der Waals surface area contributed by atoms with Crippen LogP contribution in [0.5, 0.6) is 5.75 Å². The highest BCUT2D eigenvalue weighted by atomic mass is 16.5. The number of benzene rings is 1. The molecule has 1 saturated carbocycles. The Labute approximate surface area is 128 Å². The van der Waals surface area contributed by atoms with E-state index in [4.69, 9.17) is 4.74 Å². The standard InChI is InChI=1S/C18H27NO2/c1-5-21-16-8-6-15(7-9-16)17(20)18(19(3)4)12-10-14(2)11-13-18/h6-9,14H,5,10-13H2,1-4H3. The molecule has 0 spiro atoms. The first-order valence-corrected chi connectivity index (χ1v) is 7.94. The lowest BCUT2D eigenvalue weighted by molar-refractivity contribution is 0.0513. The molecular weight excluding hydrogens is 262 g/mol. The molecule has 0 atom stereocenters. The van der Waals surface area contributed by atoms with Gasteiger partial charge in [-0.25, -0.2) is 0 Å². The van der Waals surface area contributed by atoms with Crippen LogP contribution in [0, 0.1) is 5.92 Å². The van der Waals surface area contributed by atoms with E-state index < -0.39 is 0 Å². The molecule has 2 rings (SSSR count). The van der Waals surface area contributed by atoms with Gasteiger partial charge >= 0.3 is 0 Å². The molecule has 1 aliphatic rings. The lowest BCUT2D eigenvalue weighted by atomic mass is 9.72. The topological polar surface area (TPSA) is 29.5 Å². The molecule has 1 aromatic carbocycles. The molecule has 1 aromatic rings. The summed E-state index contributed by atoms with van der Waals surface area (Å²) in [5.41, 5.74) is 0.460. The molecule has 0 aliphatic heterocycles. The molecule has 21 heavy (non-hydrogen) atoms. The second-order valence-electron chi connectivity index (χ2n) is 6.40. The first-order valence-electron chi connectivity index (χ1n) is 7.94. The SMILES string of the molecule is CCOc1ccc(C(=O)C2(N(C)C)CCC(C)CC2)cc1. The molecule has 116 valence electrons. The average molecular weight is 289 g/mol. The highest BCUT2D eigenvalue weighted by Gasteiger charge is 2.43. The van der Waals surface area contributed by atoms with Crippen molar-refractivity contribution < 1.29 is 9.53 Å². The predicted octanol–water partition coefficient (Wildman–Crippen LogP) is 3.78. The Bertz CT molecular complexity index is 470. The lowest BCUT2D eigenvalue weighted by Gasteiger charge is -2.43. The van der Waals surface area contributed by atoms with Crippen molar-refractivity contribution in [1.82, 2.24) is 4.90 Å². The summed E-state index contributed by atoms with van der Waals surface area (Å²) < 4.78 is 5.45. The van der Waals surface area contributed by atoms with Crippen LogP contribution < -0.4 is 4.74 Å². The van der Waals surface area contributed by atoms with Gasteiger partial charge in [0.2, 0.25) is 0 Å². The van der Waals surface area contributed by atoms with Crippen LogP contribution >= 0.6 is 0 Å². The molecule has 0 heterocycles. The lowest BCUT2D eigenvalue weighted by Crippen LogP contribution is -2.53. The summed E-state index contributed by atoms with van der Waals surface area (Å²) in [5.74, 6) is 1.80. The van der Waals surface area contributed by atoms with Crippen LogP contribution in [0.2, 0.25) is 0 Å². The fourth-order valence-electron chi connectivity index (χ4n) is 3.25. The molecule has 0 radical (unpaired) electrons. The van der Waals surface area contributed by atoms with Crippen LogP contribution in [0.25, 0.3) is 0 Å². The van der Waals surface area contributed by atoms with Gasteiger partial charge in [-0.15, -0.1) is 0 Å². The Morgan fingerprint density at radius 2 is 1.81 bits per heavy atom. The molecule has 1 fully saturated rings. The maximum atomic E-state index is 13.1. The summed E-state index contributed by atoms with van der Waals surface area (Å²) in [6.07, 6.45) is 4.16. The molecule has 3 heteroatoms. The van der Waals surface area contributed by atoms with Crippen molar-refractivity contribution in [2.75, 3.05) is 20.7 Å². The van der Waals surface area contributed by atoms with Gasteiger partial charge in [0.1, 0.15) is 5.75 Å². The molecule has 0 saturated heterocycles. The van der Waals surface area contributed by atoms with Crippen LogP contribution in [0.15, 0.2) is 24.3 Å². The Hall–Kier alpha value is -1.35. The maximum absolute atomic E-state index is 13.1. The largest absolute Gasteiger partial charge is 0.494 e. The maximum Gasteiger partial charge on any atom is 0.183 e. The first-order chi connectivity index (χ1) is 9.99. The summed E-state index contributed by atoms with van der Waals surface area (Å²) in [6, 6.07) is 7.59. The van der Waals surface area contributed by atoms with E-state index >= 15 is 0 Å². The Morgan fingerprint density at radius 3 is 2.29 bits per heavy atom. The van der Waals surface area contributed by atoms with Gasteiger partial charge in [0.05, 0.1) is 12.1 Å². The summed E-state index contributed by atoms with van der Waals surface area (Å²) in [6.45, 7) is 4.89. The predicted molar refractivity (Wildman–Crippen MR) is 86.0 cm³/mol. The van der Waals surface area contributed by atoms with Crippen molar-refractivity contribution in [3.63, 3.8) is 0 Å². The van der Waals surface area contributed by atoms with Crippen LogP contribution in [0.4, 0.5) is 0 Å². The molecular formula is C18H27NO2. The van der Waals surface area contributed by atoms with Gasteiger partial charge in [-0.05, 0) is 76.9 Å². The molecule has 0 amide bonds. The van der Waals surface area contributed by atoms with Crippen LogP contribution in [0.1, 0.15) is 49.9 Å². The monoisotopic (exact) mass is 289 g/mol. The highest BCUT2D eigenvalue weighted by molar-refractivity contribution is 6.03. The fraction of sp³-hybridized carbons (Fsp3) is 0.611. The number of ether oxygens (including phenoxy) is 1. The molecule has 3 nitrogen and oxygen atoms in total. The van der Waals surface area contributed by atoms with E-state index in [2.05, 4.69) is 11.8 Å². The minimum Gasteiger partial charge on any atom is -0.494 e. The van der Waals surface area contributed by atoms with Crippen LogP contribution in [-0.2, 0) is 0 Å². The van der Waals surface area contributed by atoms with Crippen molar-refractivity contribution >= 4 is 5.78 Å². The third kappa shape index (κ3) is 3.29. The van der Waals surface area contributed by atoms with E-state index in [1.54, 1.807) is 0 Å². The van der Waals surface area contributed by atoms with E-state index in [1.807, 2.05) is 45.3 Å². The number of nitrogens with zero attached hydrogens (tertiary/aromatic N) is 1. The Kier molecular flexibility index (Phi) is 5.04. The Morgan fingerprint density at radius 1 is 1.24 bits per heavy atom. The van der Waals surface area contributed by atoms with E-state index in [0.29, 0.717) is 6.61 Å². The zero-order valence-electron chi connectivity index (χ0n) is 13.7. The van der Waals surface area contributed by atoms with Crippen LogP contribution in [0.3, 0.4) is 0 Å². The van der Waals surface area contributed by atoms with Gasteiger partial charge in [0.15, 0.2) is 5.78 Å². The summed E-state index contributed by atoms with van der Waals surface area (Å²) in [4.78, 5) is 15.2. The summed E-state index contributed by atoms with van der Waals surface area (Å²) >= 11 is 0. The highest BCUT2D eigenvalue weighted by Crippen LogP contribution is 2.37. The number of hydrogen-bond acceptors (Lipinski definition) is 3. The summed E-state index contributed by atoms with van der Waals surface area (Å²) in [5, 5.41) is 0. The van der Waals surface area contributed by atoms with Gasteiger partial charge in [0.25, 0.3) is 0 Å². The third-order valence-corrected chi connectivity index (χ3v) is 4.81. The minimum atomic E-state index is -0.334. The van der Waals surface area contributed by atoms with E-state index in [1.165, 1.54) is 0 Å². The minimum absolute atomic E-state index is 0.252. The second kappa shape index (κ2) is 6.61. The van der Waals surface area contributed by atoms with Gasteiger partial charge in [0, 0.05) is 5.56 Å². The molecule has 0 aromatic heterocycles. The number of hydrogen-bond donors (Lipinski definition) is 0. The van der Waals surface area contributed by atoms with E-state index in [9.17, 15) is 4.79 Å². The normalized spacial score (nSPS) is 25.9. The number of Topliss-reactive ketones (excluding diaryl/α,β-unsaturated/α-hetero) is 1. The molecule has 1 aliphatic carbocycles. The Balaban J connectivity index is 2.22. The van der Waals surface area contributed by atoms with Gasteiger partial charge < -0.3 is 4.74 Å². The van der Waals surface area contributed by atoms with Gasteiger partial charge in [-0.2, -0.15) is 0 Å². The molecule has 0 bridgehead atoms. The third-order valence-electron chi connectivity index (χ3n) is 4.81. The second-order valence-corrected chi connectivity index (χ2v) is 6.40. The fourth-order valence-corrected chi connectivity index (χ4v) is 3.25. The van der Waals surface area contributed by atoms with Crippen molar-refractivity contribution in [2.45, 2.75) is 45.1 Å². The average Bonchev–Trinajstić information content (AvgIpc) is 2.48. The van der Waals surface area contributed by atoms with Crippen molar-refractivity contribution in [3.05, 3.63) is 29.8 Å². The number of carbonyl (C=O) groups excluding carboxylic acids is 1. The zero-order chi connectivity index (χ0) is 15.5. The summed E-state index contributed by atoms with van der Waals surface area (Å²) in [7, 11) is 4.06. The zero-order valence-corrected chi connectivity index (χ0v) is 13.7. The number of likely N-dealkylation sites (N-methyl/N-ethyl adjacent to an activating group) is 1. The molecule has 0 unspecified atom stereocenters. The van der Waals surface area contributed by atoms with Crippen molar-refractivity contribution in [2.24, 2.45) is 5.92 Å². The molecule has 0 N–H and O–H groups in total. The van der Waals surface area contributed by atoms with Crippen molar-refractivity contribution in [1.29, 1.82) is 0 Å². The van der Waals surface area contributed by atoms with Gasteiger partial charge in [-0.1, -0.05) is 6.92 Å². The van der Waals surface area contributed by atoms with E-state index in [-0.39, 0.29) is 11.3 Å². The van der Waals surface area contributed by atoms with Crippen molar-refractivity contribution in [3.8, 4) is 5.75 Å². The first kappa shape index (κ1) is 16.0. The van der Waals surface area contributed by atoms with Gasteiger partial charge in [-0.3, -0.25) is 9.69 Å². The number of rotatable bonds is 5. The smallest absolute Gasteiger partial charge is 0.183 e. The van der Waals surface area contributed by atoms with Crippen LogP contribution in [-0.4, -0.2) is 36.9 Å².